The van der Waals surface area contributed by atoms with Gasteiger partial charge in [0.1, 0.15) is 5.75 Å². The number of hydrogen-bond acceptors (Lipinski definition) is 4. The average molecular weight is 230 g/mol. The van der Waals surface area contributed by atoms with Crippen molar-refractivity contribution in [1.29, 1.82) is 0 Å². The molecule has 1 aromatic carbocycles. The van der Waals surface area contributed by atoms with Gasteiger partial charge in [-0.2, -0.15) is 0 Å². The highest BCUT2D eigenvalue weighted by molar-refractivity contribution is 7.22. The number of phenols is 1. The second kappa shape index (κ2) is 3.11. The Morgan fingerprint density at radius 2 is 2.14 bits per heavy atom. The maximum Gasteiger partial charge on any atom is 0.325 e. The molecule has 0 saturated heterocycles. The minimum atomic E-state index is -0.488. The van der Waals surface area contributed by atoms with Crippen LogP contribution in [0.5, 0.6) is 5.75 Å². The Balaban J connectivity index is 2.76. The summed E-state index contributed by atoms with van der Waals surface area (Å²) >= 11 is 6.62. The second-order valence-corrected chi connectivity index (χ2v) is 4.15. The second-order valence-electron chi connectivity index (χ2n) is 2.69. The van der Waals surface area contributed by atoms with Gasteiger partial charge < -0.3 is 5.11 Å². The number of phenolic OH excluding ortho intramolecular Hbond substituents is 1. The number of fused-ring (bicyclic) bond motifs is 1. The van der Waals surface area contributed by atoms with Crippen molar-refractivity contribution in [3.63, 3.8) is 0 Å². The fourth-order valence-corrected chi connectivity index (χ4v) is 2.26. The van der Waals surface area contributed by atoms with Gasteiger partial charge in [-0.05, 0) is 6.07 Å². The van der Waals surface area contributed by atoms with E-state index in [-0.39, 0.29) is 10.8 Å². The molecule has 14 heavy (non-hydrogen) atoms. The molecule has 0 aliphatic heterocycles. The lowest BCUT2D eigenvalue weighted by Gasteiger charge is -1.93. The molecule has 1 N–H and O–H groups in total. The molecule has 0 atom stereocenters. The minimum Gasteiger partial charge on any atom is -0.506 e. The normalized spacial score (nSPS) is 10.6. The predicted molar refractivity (Wildman–Crippen MR) is 55.2 cm³/mol. The molecule has 0 bridgehead atoms. The van der Waals surface area contributed by atoms with Gasteiger partial charge in [0.2, 0.25) is 0 Å². The standard InChI is InChI=1S/C8H4ClNO3S/c9-5-1-4-2-7(10(12)13)14-8(4)6(11)3-5/h1-3,11H. The molecule has 6 heteroatoms. The van der Waals surface area contributed by atoms with Crippen LogP contribution in [0.1, 0.15) is 0 Å². The number of aromatic hydroxyl groups is 1. The fraction of sp³-hybridized carbons (Fsp3) is 0. The van der Waals surface area contributed by atoms with E-state index in [0.29, 0.717) is 15.1 Å². The number of rotatable bonds is 1. The lowest BCUT2D eigenvalue weighted by atomic mass is 10.2. The molecule has 1 heterocycles. The van der Waals surface area contributed by atoms with Crippen LogP contribution in [0.25, 0.3) is 10.1 Å². The summed E-state index contributed by atoms with van der Waals surface area (Å²) in [6.07, 6.45) is 0. The first-order valence-corrected chi connectivity index (χ1v) is 4.84. The lowest BCUT2D eigenvalue weighted by molar-refractivity contribution is -0.380. The van der Waals surface area contributed by atoms with E-state index in [9.17, 15) is 15.2 Å². The molecule has 1 aromatic heterocycles. The van der Waals surface area contributed by atoms with Crippen molar-refractivity contribution in [1.82, 2.24) is 0 Å². The zero-order valence-electron chi connectivity index (χ0n) is 6.73. The summed E-state index contributed by atoms with van der Waals surface area (Å²) in [6.45, 7) is 0. The molecule has 0 unspecified atom stereocenters. The van der Waals surface area contributed by atoms with E-state index in [2.05, 4.69) is 0 Å². The van der Waals surface area contributed by atoms with Gasteiger partial charge >= 0.3 is 5.00 Å². The van der Waals surface area contributed by atoms with Crippen molar-refractivity contribution in [2.45, 2.75) is 0 Å². The molecule has 0 spiro atoms. The van der Waals surface area contributed by atoms with Crippen molar-refractivity contribution in [3.05, 3.63) is 33.3 Å². The van der Waals surface area contributed by atoms with Gasteiger partial charge in [-0.25, -0.2) is 0 Å². The maximum atomic E-state index is 10.5. The summed E-state index contributed by atoms with van der Waals surface area (Å²) in [6, 6.07) is 4.34. The van der Waals surface area contributed by atoms with Crippen LogP contribution in [0, 0.1) is 10.1 Å². The monoisotopic (exact) mass is 229 g/mol. The van der Waals surface area contributed by atoms with Gasteiger partial charge in [0.05, 0.1) is 9.62 Å². The molecule has 0 radical (unpaired) electrons. The molecule has 0 amide bonds. The third-order valence-corrected chi connectivity index (χ3v) is 3.07. The molecule has 72 valence electrons. The largest absolute Gasteiger partial charge is 0.506 e. The van der Waals surface area contributed by atoms with Gasteiger partial charge in [0.25, 0.3) is 0 Å². The van der Waals surface area contributed by atoms with E-state index >= 15 is 0 Å². The SMILES string of the molecule is O=[N+]([O-])c1cc2cc(Cl)cc(O)c2s1. The van der Waals surface area contributed by atoms with Gasteiger partial charge in [0, 0.05) is 22.5 Å². The van der Waals surface area contributed by atoms with Gasteiger partial charge in [-0.15, -0.1) is 0 Å². The summed E-state index contributed by atoms with van der Waals surface area (Å²) in [5.74, 6) is -0.0226. The Morgan fingerprint density at radius 3 is 2.79 bits per heavy atom. The lowest BCUT2D eigenvalue weighted by Crippen LogP contribution is -1.80. The Kier molecular flexibility index (Phi) is 2.05. The van der Waals surface area contributed by atoms with Gasteiger partial charge in [-0.3, -0.25) is 10.1 Å². The zero-order chi connectivity index (χ0) is 10.3. The molecule has 2 rings (SSSR count). The minimum absolute atomic E-state index is 0.00225. The van der Waals surface area contributed by atoms with Crippen molar-refractivity contribution >= 4 is 38.0 Å². The number of halogens is 1. The van der Waals surface area contributed by atoms with Crippen LogP contribution >= 0.6 is 22.9 Å². The Labute approximate surface area is 87.5 Å². The van der Waals surface area contributed by atoms with Crippen LogP contribution < -0.4 is 0 Å². The van der Waals surface area contributed by atoms with Crippen molar-refractivity contribution in [2.75, 3.05) is 0 Å². The summed E-state index contributed by atoms with van der Waals surface area (Å²) in [7, 11) is 0. The smallest absolute Gasteiger partial charge is 0.325 e. The highest BCUT2D eigenvalue weighted by atomic mass is 35.5. The van der Waals surface area contributed by atoms with E-state index < -0.39 is 4.92 Å². The topological polar surface area (TPSA) is 63.4 Å². The highest BCUT2D eigenvalue weighted by Gasteiger charge is 2.14. The molecular weight excluding hydrogens is 226 g/mol. The first-order valence-electron chi connectivity index (χ1n) is 3.64. The number of nitrogens with zero attached hydrogens (tertiary/aromatic N) is 1. The van der Waals surface area contributed by atoms with Crippen LogP contribution in [0.2, 0.25) is 5.02 Å². The Bertz CT molecular complexity index is 523. The first kappa shape index (κ1) is 9.23. The average Bonchev–Trinajstić information content (AvgIpc) is 2.47. The molecule has 2 aromatic rings. The molecule has 4 nitrogen and oxygen atoms in total. The van der Waals surface area contributed by atoms with Crippen LogP contribution in [0.3, 0.4) is 0 Å². The molecule has 0 saturated carbocycles. The molecule has 0 aliphatic carbocycles. The van der Waals surface area contributed by atoms with Crippen molar-refractivity contribution in [2.24, 2.45) is 0 Å². The third-order valence-electron chi connectivity index (χ3n) is 1.73. The molecular formula is C8H4ClNO3S. The third kappa shape index (κ3) is 1.40. The van der Waals surface area contributed by atoms with Crippen LogP contribution in [-0.4, -0.2) is 10.0 Å². The fourth-order valence-electron chi connectivity index (χ4n) is 1.18. The summed E-state index contributed by atoms with van der Waals surface area (Å²) in [5.41, 5.74) is 0. The Morgan fingerprint density at radius 1 is 1.43 bits per heavy atom. The van der Waals surface area contributed by atoms with Gasteiger partial charge in [0.15, 0.2) is 0 Å². The number of hydrogen-bond donors (Lipinski definition) is 1. The summed E-state index contributed by atoms with van der Waals surface area (Å²) < 4.78 is 0.487. The Hall–Kier alpha value is -1.33. The van der Waals surface area contributed by atoms with E-state index in [0.717, 1.165) is 11.3 Å². The van der Waals surface area contributed by atoms with E-state index in [1.807, 2.05) is 0 Å². The van der Waals surface area contributed by atoms with Crippen LogP contribution in [0.15, 0.2) is 18.2 Å². The van der Waals surface area contributed by atoms with E-state index in [4.69, 9.17) is 11.6 Å². The zero-order valence-corrected chi connectivity index (χ0v) is 8.30. The van der Waals surface area contributed by atoms with Crippen molar-refractivity contribution < 1.29 is 10.0 Å². The van der Waals surface area contributed by atoms with Crippen LogP contribution in [0.4, 0.5) is 5.00 Å². The number of nitro groups is 1. The number of benzene rings is 1. The van der Waals surface area contributed by atoms with Crippen LogP contribution in [-0.2, 0) is 0 Å². The maximum absolute atomic E-state index is 10.5. The van der Waals surface area contributed by atoms with Crippen molar-refractivity contribution in [3.8, 4) is 5.75 Å². The summed E-state index contributed by atoms with van der Waals surface area (Å²) in [4.78, 5) is 9.98. The summed E-state index contributed by atoms with van der Waals surface area (Å²) in [5, 5.41) is 20.9. The molecule has 0 aliphatic rings. The predicted octanol–water partition coefficient (Wildman–Crippen LogP) is 3.17. The first-order chi connectivity index (χ1) is 6.58. The van der Waals surface area contributed by atoms with E-state index in [1.165, 1.54) is 12.1 Å². The quantitative estimate of drug-likeness (QED) is 0.603. The highest BCUT2D eigenvalue weighted by Crippen LogP contribution is 2.38. The van der Waals surface area contributed by atoms with Gasteiger partial charge in [-0.1, -0.05) is 22.9 Å². The number of thiophene rings is 1. The van der Waals surface area contributed by atoms with E-state index in [1.54, 1.807) is 6.07 Å². The molecule has 0 fully saturated rings.